The van der Waals surface area contributed by atoms with E-state index < -0.39 is 0 Å². The minimum absolute atomic E-state index is 0.246. The molecule has 0 radical (unpaired) electrons. The number of aromatic nitrogens is 4. The number of hydrogen-bond acceptors (Lipinski definition) is 4. The summed E-state index contributed by atoms with van der Waals surface area (Å²) in [4.78, 5) is 22.0. The Bertz CT molecular complexity index is 1260. The lowest BCUT2D eigenvalue weighted by Gasteiger charge is -2.10. The molecule has 0 atom stereocenters. The Hall–Kier alpha value is -3.25. The van der Waals surface area contributed by atoms with E-state index in [-0.39, 0.29) is 5.91 Å². The number of anilines is 1. The number of rotatable bonds is 3. The van der Waals surface area contributed by atoms with Crippen LogP contribution in [0.2, 0.25) is 5.02 Å². The number of aryl methyl sites for hydroxylation is 3. The highest BCUT2D eigenvalue weighted by Gasteiger charge is 2.21. The van der Waals surface area contributed by atoms with Crippen molar-refractivity contribution in [3.05, 3.63) is 75.7 Å². The second-order valence-electron chi connectivity index (χ2n) is 7.06. The topological polar surface area (TPSA) is 72.7 Å². The van der Waals surface area contributed by atoms with Crippen molar-refractivity contribution < 1.29 is 4.79 Å². The predicted octanol–water partition coefficient (Wildman–Crippen LogP) is 4.95. The first-order valence-electron chi connectivity index (χ1n) is 9.21. The standard InChI is InChI=1S/C22H20ClN5O/c1-12-8-9-24-19(10-12)26-22(29)16-11-13(2)25-21-20(16)15(4)27-28(21)18-7-5-6-17(23)14(18)3/h5-11H,1-4H3,(H,24,26,29). The normalized spacial score (nSPS) is 11.1. The van der Waals surface area contributed by atoms with Gasteiger partial charge in [0.15, 0.2) is 5.65 Å². The maximum atomic E-state index is 13.1. The molecule has 0 unspecified atom stereocenters. The number of pyridine rings is 2. The number of benzene rings is 1. The highest BCUT2D eigenvalue weighted by atomic mass is 35.5. The van der Waals surface area contributed by atoms with E-state index in [9.17, 15) is 4.79 Å². The van der Waals surface area contributed by atoms with Crippen LogP contribution in [0, 0.1) is 27.7 Å². The molecule has 0 aliphatic heterocycles. The molecule has 29 heavy (non-hydrogen) atoms. The molecule has 146 valence electrons. The van der Waals surface area contributed by atoms with Gasteiger partial charge in [0.2, 0.25) is 0 Å². The van der Waals surface area contributed by atoms with Gasteiger partial charge in [-0.15, -0.1) is 0 Å². The van der Waals surface area contributed by atoms with Gasteiger partial charge in [-0.25, -0.2) is 14.6 Å². The molecule has 1 N–H and O–H groups in total. The summed E-state index contributed by atoms with van der Waals surface area (Å²) < 4.78 is 1.75. The van der Waals surface area contributed by atoms with Gasteiger partial charge in [-0.05, 0) is 69.2 Å². The SMILES string of the molecule is Cc1ccnc(NC(=O)c2cc(C)nc3c2c(C)nn3-c2cccc(Cl)c2C)c1. The van der Waals surface area contributed by atoms with Crippen LogP contribution in [0.1, 0.15) is 32.9 Å². The fourth-order valence-corrected chi connectivity index (χ4v) is 3.54. The van der Waals surface area contributed by atoms with E-state index in [0.29, 0.717) is 33.1 Å². The summed E-state index contributed by atoms with van der Waals surface area (Å²) in [5.41, 5.74) is 5.33. The maximum absolute atomic E-state index is 13.1. The quantitative estimate of drug-likeness (QED) is 0.523. The van der Waals surface area contributed by atoms with E-state index in [4.69, 9.17) is 11.6 Å². The third kappa shape index (κ3) is 3.47. The summed E-state index contributed by atoms with van der Waals surface area (Å²) in [6.07, 6.45) is 1.67. The van der Waals surface area contributed by atoms with Crippen LogP contribution in [0.5, 0.6) is 0 Å². The lowest BCUT2D eigenvalue weighted by Crippen LogP contribution is -2.14. The number of hydrogen-bond donors (Lipinski definition) is 1. The van der Waals surface area contributed by atoms with Gasteiger partial charge in [-0.1, -0.05) is 17.7 Å². The molecule has 3 heterocycles. The summed E-state index contributed by atoms with van der Waals surface area (Å²) in [6.45, 7) is 7.62. The number of amides is 1. The van der Waals surface area contributed by atoms with E-state index in [0.717, 1.165) is 22.5 Å². The molecule has 0 bridgehead atoms. The van der Waals surface area contributed by atoms with Crippen LogP contribution < -0.4 is 5.32 Å². The first-order valence-corrected chi connectivity index (χ1v) is 9.59. The van der Waals surface area contributed by atoms with Crippen LogP contribution in [0.25, 0.3) is 16.7 Å². The highest BCUT2D eigenvalue weighted by molar-refractivity contribution is 6.31. The van der Waals surface area contributed by atoms with Crippen molar-refractivity contribution in [1.82, 2.24) is 19.7 Å². The third-order valence-electron chi connectivity index (χ3n) is 4.81. The fraction of sp³-hybridized carbons (Fsp3) is 0.182. The predicted molar refractivity (Wildman–Crippen MR) is 115 cm³/mol. The molecule has 7 heteroatoms. The second kappa shape index (κ2) is 7.29. The zero-order valence-corrected chi connectivity index (χ0v) is 17.4. The van der Waals surface area contributed by atoms with Crippen molar-refractivity contribution in [2.24, 2.45) is 0 Å². The van der Waals surface area contributed by atoms with E-state index in [1.807, 2.05) is 58.0 Å². The molecule has 0 aliphatic rings. The van der Waals surface area contributed by atoms with Crippen molar-refractivity contribution >= 4 is 34.4 Å². The largest absolute Gasteiger partial charge is 0.307 e. The Morgan fingerprint density at radius 2 is 1.90 bits per heavy atom. The lowest BCUT2D eigenvalue weighted by atomic mass is 10.1. The van der Waals surface area contributed by atoms with Crippen LogP contribution in [-0.4, -0.2) is 25.7 Å². The first-order chi connectivity index (χ1) is 13.8. The van der Waals surface area contributed by atoms with Crippen molar-refractivity contribution in [1.29, 1.82) is 0 Å². The van der Waals surface area contributed by atoms with Crippen molar-refractivity contribution in [2.75, 3.05) is 5.32 Å². The Kier molecular flexibility index (Phi) is 4.80. The molecule has 4 aromatic rings. The minimum Gasteiger partial charge on any atom is -0.307 e. The average molecular weight is 406 g/mol. The number of carbonyl (C=O) groups is 1. The molecule has 0 saturated heterocycles. The molecule has 0 fully saturated rings. The van der Waals surface area contributed by atoms with Crippen molar-refractivity contribution in [3.8, 4) is 5.69 Å². The molecule has 0 aliphatic carbocycles. The zero-order chi connectivity index (χ0) is 20.7. The number of carbonyl (C=O) groups excluding carboxylic acids is 1. The summed E-state index contributed by atoms with van der Waals surface area (Å²) in [6, 6.07) is 11.1. The van der Waals surface area contributed by atoms with Crippen LogP contribution >= 0.6 is 11.6 Å². The van der Waals surface area contributed by atoms with E-state index in [1.54, 1.807) is 16.9 Å². The monoisotopic (exact) mass is 405 g/mol. The van der Waals surface area contributed by atoms with Gasteiger partial charge in [0.1, 0.15) is 5.82 Å². The molecular formula is C22H20ClN5O. The summed E-state index contributed by atoms with van der Waals surface area (Å²) >= 11 is 6.31. The van der Waals surface area contributed by atoms with Crippen LogP contribution in [0.15, 0.2) is 42.6 Å². The van der Waals surface area contributed by atoms with Crippen molar-refractivity contribution in [3.63, 3.8) is 0 Å². The highest BCUT2D eigenvalue weighted by Crippen LogP contribution is 2.28. The smallest absolute Gasteiger partial charge is 0.257 e. The molecule has 3 aromatic heterocycles. The number of halogens is 1. The molecule has 4 rings (SSSR count). The molecule has 1 aromatic carbocycles. The molecule has 0 spiro atoms. The van der Waals surface area contributed by atoms with Crippen molar-refractivity contribution in [2.45, 2.75) is 27.7 Å². The lowest BCUT2D eigenvalue weighted by molar-refractivity contribution is 0.102. The zero-order valence-electron chi connectivity index (χ0n) is 16.6. The Labute approximate surface area is 173 Å². The van der Waals surface area contributed by atoms with E-state index in [1.165, 1.54) is 0 Å². The van der Waals surface area contributed by atoms with Gasteiger partial charge >= 0.3 is 0 Å². The van der Waals surface area contributed by atoms with Crippen LogP contribution in [0.3, 0.4) is 0 Å². The molecular weight excluding hydrogens is 386 g/mol. The molecule has 1 amide bonds. The summed E-state index contributed by atoms with van der Waals surface area (Å²) in [5, 5.41) is 8.91. The number of nitrogens with one attached hydrogen (secondary N) is 1. The number of fused-ring (bicyclic) bond motifs is 1. The van der Waals surface area contributed by atoms with Gasteiger partial charge < -0.3 is 5.32 Å². The van der Waals surface area contributed by atoms with Gasteiger partial charge in [0.05, 0.1) is 22.3 Å². The first kappa shape index (κ1) is 19.1. The minimum atomic E-state index is -0.246. The van der Waals surface area contributed by atoms with Crippen LogP contribution in [-0.2, 0) is 0 Å². The van der Waals surface area contributed by atoms with Crippen LogP contribution in [0.4, 0.5) is 5.82 Å². The Morgan fingerprint density at radius 3 is 2.66 bits per heavy atom. The molecule has 0 saturated carbocycles. The van der Waals surface area contributed by atoms with E-state index in [2.05, 4.69) is 20.4 Å². The summed E-state index contributed by atoms with van der Waals surface area (Å²) in [7, 11) is 0. The van der Waals surface area contributed by atoms with Gasteiger partial charge in [-0.2, -0.15) is 5.10 Å². The van der Waals surface area contributed by atoms with Gasteiger partial charge in [0.25, 0.3) is 5.91 Å². The van der Waals surface area contributed by atoms with Gasteiger partial charge in [0, 0.05) is 16.9 Å². The van der Waals surface area contributed by atoms with E-state index >= 15 is 0 Å². The Balaban J connectivity index is 1.87. The van der Waals surface area contributed by atoms with Gasteiger partial charge in [-0.3, -0.25) is 4.79 Å². The average Bonchev–Trinajstić information content (AvgIpc) is 2.99. The third-order valence-corrected chi connectivity index (χ3v) is 5.22. The summed E-state index contributed by atoms with van der Waals surface area (Å²) in [5.74, 6) is 0.261. The second-order valence-corrected chi connectivity index (χ2v) is 7.47. The molecule has 6 nitrogen and oxygen atoms in total. The Morgan fingerprint density at radius 1 is 1.10 bits per heavy atom. The number of nitrogens with zero attached hydrogens (tertiary/aromatic N) is 4. The fourth-order valence-electron chi connectivity index (χ4n) is 3.37. The maximum Gasteiger partial charge on any atom is 0.257 e.